The van der Waals surface area contributed by atoms with Gasteiger partial charge in [0.15, 0.2) is 0 Å². The molecular weight excluding hydrogens is 384 g/mol. The van der Waals surface area contributed by atoms with Crippen LogP contribution < -0.4 is 4.74 Å². The summed E-state index contributed by atoms with van der Waals surface area (Å²) in [7, 11) is 2.08. The summed E-state index contributed by atoms with van der Waals surface area (Å²) in [6.45, 7) is 3.35. The Balaban J connectivity index is 1.46. The Morgan fingerprint density at radius 2 is 1.90 bits per heavy atom. The lowest BCUT2D eigenvalue weighted by molar-refractivity contribution is -0.129. The predicted molar refractivity (Wildman–Crippen MR) is 115 cm³/mol. The van der Waals surface area contributed by atoms with Gasteiger partial charge in [0.05, 0.1) is 17.9 Å². The molecule has 0 saturated carbocycles. The minimum Gasteiger partial charge on any atom is -0.491 e. The van der Waals surface area contributed by atoms with Crippen LogP contribution in [0, 0.1) is 0 Å². The van der Waals surface area contributed by atoms with Crippen molar-refractivity contribution in [3.63, 3.8) is 0 Å². The average molecular weight is 413 g/mol. The van der Waals surface area contributed by atoms with Crippen molar-refractivity contribution < 1.29 is 14.6 Å². The van der Waals surface area contributed by atoms with Crippen LogP contribution in [-0.4, -0.2) is 59.9 Å². The van der Waals surface area contributed by atoms with Gasteiger partial charge in [-0.05, 0) is 49.7 Å². The van der Waals surface area contributed by atoms with Crippen molar-refractivity contribution in [2.24, 2.45) is 0 Å². The minimum atomic E-state index is -0.800. The molecule has 2 heterocycles. The van der Waals surface area contributed by atoms with Crippen LogP contribution in [0.1, 0.15) is 24.0 Å². The monoisotopic (exact) mass is 412 g/mol. The lowest BCUT2D eigenvalue weighted by atomic mass is 9.84. The fourth-order valence-electron chi connectivity index (χ4n) is 3.93. The number of likely N-dealkylation sites (tertiary alicyclic amines) is 1. The topological polar surface area (TPSA) is 53.0 Å². The minimum absolute atomic E-state index is 0.110. The molecule has 0 bridgehead atoms. The molecule has 1 saturated heterocycles. The Kier molecular flexibility index (Phi) is 6.13. The average Bonchev–Trinajstić information content (AvgIpc) is 2.97. The Bertz CT molecular complexity index is 850. The van der Waals surface area contributed by atoms with Crippen LogP contribution in [0.4, 0.5) is 0 Å². The van der Waals surface area contributed by atoms with Crippen molar-refractivity contribution in [1.82, 2.24) is 9.80 Å². The number of piperidine rings is 1. The first-order valence-electron chi connectivity index (χ1n) is 10.2. The number of fused-ring (bicyclic) bond motifs is 1. The van der Waals surface area contributed by atoms with Gasteiger partial charge >= 0.3 is 0 Å². The van der Waals surface area contributed by atoms with E-state index >= 15 is 0 Å². The molecule has 29 heavy (non-hydrogen) atoms. The van der Waals surface area contributed by atoms with Crippen LogP contribution in [0.2, 0.25) is 0 Å². The Morgan fingerprint density at radius 3 is 2.66 bits per heavy atom. The van der Waals surface area contributed by atoms with E-state index in [4.69, 9.17) is 4.74 Å². The van der Waals surface area contributed by atoms with Gasteiger partial charge in [-0.25, -0.2) is 0 Å². The standard InChI is InChI=1S/C23H28N2O3S/c1-24-11-9-23(27,10-12-24)19-7-8-21-18(15-19)16-25(13-14-28-21)22(26)17-29-20-5-3-2-4-6-20/h2-8,15,27H,9-14,16-17H2,1H3. The third kappa shape index (κ3) is 4.77. The number of hydrogen-bond donors (Lipinski definition) is 1. The summed E-state index contributed by atoms with van der Waals surface area (Å²) in [5.74, 6) is 1.34. The smallest absolute Gasteiger partial charge is 0.233 e. The maximum Gasteiger partial charge on any atom is 0.233 e. The van der Waals surface area contributed by atoms with E-state index in [1.54, 1.807) is 11.8 Å². The first kappa shape index (κ1) is 20.3. The SMILES string of the molecule is CN1CCC(O)(c2ccc3c(c2)CN(C(=O)CSc2ccccc2)CCO3)CC1. The van der Waals surface area contributed by atoms with Crippen LogP contribution in [0.15, 0.2) is 53.4 Å². The van der Waals surface area contributed by atoms with Gasteiger partial charge in [-0.1, -0.05) is 24.3 Å². The van der Waals surface area contributed by atoms with Gasteiger partial charge in [0.2, 0.25) is 5.91 Å². The molecule has 5 nitrogen and oxygen atoms in total. The molecule has 1 amide bonds. The largest absolute Gasteiger partial charge is 0.491 e. The molecule has 0 unspecified atom stereocenters. The molecule has 2 aromatic carbocycles. The Morgan fingerprint density at radius 1 is 1.14 bits per heavy atom. The van der Waals surface area contributed by atoms with Gasteiger partial charge in [-0.2, -0.15) is 0 Å². The molecule has 0 spiro atoms. The van der Waals surface area contributed by atoms with Crippen LogP contribution in [0.3, 0.4) is 0 Å². The summed E-state index contributed by atoms with van der Waals surface area (Å²) in [5.41, 5.74) is 1.11. The van der Waals surface area contributed by atoms with E-state index in [-0.39, 0.29) is 5.91 Å². The van der Waals surface area contributed by atoms with Crippen molar-refractivity contribution in [2.45, 2.75) is 29.9 Å². The van der Waals surface area contributed by atoms with E-state index in [9.17, 15) is 9.90 Å². The number of rotatable bonds is 4. The summed E-state index contributed by atoms with van der Waals surface area (Å²) in [6.07, 6.45) is 1.44. The number of benzene rings is 2. The normalized spacial score (nSPS) is 19.2. The zero-order valence-electron chi connectivity index (χ0n) is 16.8. The number of carbonyl (C=O) groups is 1. The number of ether oxygens (including phenoxy) is 1. The number of carbonyl (C=O) groups excluding carboxylic acids is 1. The number of thioether (sulfide) groups is 1. The van der Waals surface area contributed by atoms with Gasteiger partial charge in [0.25, 0.3) is 0 Å². The molecule has 1 N–H and O–H groups in total. The lowest BCUT2D eigenvalue weighted by Crippen LogP contribution is -2.40. The second-order valence-corrected chi connectivity index (χ2v) is 8.97. The number of nitrogens with zero attached hydrogens (tertiary/aromatic N) is 2. The van der Waals surface area contributed by atoms with Crippen molar-refractivity contribution in [3.8, 4) is 5.75 Å². The Labute approximate surface area is 176 Å². The third-order valence-electron chi connectivity index (χ3n) is 5.85. The first-order chi connectivity index (χ1) is 14.0. The van der Waals surface area contributed by atoms with Gasteiger partial charge in [-0.3, -0.25) is 4.79 Å². The zero-order chi connectivity index (χ0) is 20.3. The molecule has 0 atom stereocenters. The summed E-state index contributed by atoms with van der Waals surface area (Å²) in [6, 6.07) is 16.0. The van der Waals surface area contributed by atoms with Gasteiger partial charge in [0, 0.05) is 30.1 Å². The van der Waals surface area contributed by atoms with Gasteiger partial charge in [0.1, 0.15) is 12.4 Å². The van der Waals surface area contributed by atoms with E-state index in [1.165, 1.54) is 0 Å². The van der Waals surface area contributed by atoms with Crippen LogP contribution in [-0.2, 0) is 16.9 Å². The van der Waals surface area contributed by atoms with E-state index < -0.39 is 5.60 Å². The summed E-state index contributed by atoms with van der Waals surface area (Å²) < 4.78 is 5.89. The molecular formula is C23H28N2O3S. The quantitative estimate of drug-likeness (QED) is 0.782. The maximum absolute atomic E-state index is 12.8. The van der Waals surface area contributed by atoms with E-state index in [2.05, 4.69) is 11.9 Å². The molecule has 6 heteroatoms. The highest BCUT2D eigenvalue weighted by Crippen LogP contribution is 2.35. The highest BCUT2D eigenvalue weighted by molar-refractivity contribution is 8.00. The fraction of sp³-hybridized carbons (Fsp3) is 0.435. The molecule has 0 aromatic heterocycles. The highest BCUT2D eigenvalue weighted by Gasteiger charge is 2.34. The van der Waals surface area contributed by atoms with Gasteiger partial charge in [-0.15, -0.1) is 11.8 Å². The molecule has 2 aliphatic heterocycles. The summed E-state index contributed by atoms with van der Waals surface area (Å²) >= 11 is 1.56. The molecule has 154 valence electrons. The fourth-order valence-corrected chi connectivity index (χ4v) is 4.75. The van der Waals surface area contributed by atoms with Crippen molar-refractivity contribution in [1.29, 1.82) is 0 Å². The molecule has 2 aromatic rings. The molecule has 2 aliphatic rings. The van der Waals surface area contributed by atoms with Crippen LogP contribution in [0.5, 0.6) is 5.75 Å². The Hall–Kier alpha value is -2.02. The van der Waals surface area contributed by atoms with Crippen molar-refractivity contribution in [2.75, 3.05) is 39.0 Å². The summed E-state index contributed by atoms with van der Waals surface area (Å²) in [5, 5.41) is 11.2. The van der Waals surface area contributed by atoms with Crippen molar-refractivity contribution >= 4 is 17.7 Å². The van der Waals surface area contributed by atoms with E-state index in [1.807, 2.05) is 53.4 Å². The van der Waals surface area contributed by atoms with E-state index in [0.717, 1.165) is 47.7 Å². The van der Waals surface area contributed by atoms with Crippen molar-refractivity contribution in [3.05, 3.63) is 59.7 Å². The van der Waals surface area contributed by atoms with Crippen LogP contribution in [0.25, 0.3) is 0 Å². The van der Waals surface area contributed by atoms with Crippen LogP contribution >= 0.6 is 11.8 Å². The van der Waals surface area contributed by atoms with Gasteiger partial charge < -0.3 is 19.6 Å². The molecule has 4 rings (SSSR count). The second kappa shape index (κ2) is 8.78. The zero-order valence-corrected chi connectivity index (χ0v) is 17.7. The third-order valence-corrected chi connectivity index (χ3v) is 6.85. The predicted octanol–water partition coefficient (Wildman–Crippen LogP) is 3.11. The first-order valence-corrected chi connectivity index (χ1v) is 11.1. The highest BCUT2D eigenvalue weighted by atomic mass is 32.2. The molecule has 0 aliphatic carbocycles. The van der Waals surface area contributed by atoms with E-state index in [0.29, 0.717) is 25.4 Å². The number of amides is 1. The second-order valence-electron chi connectivity index (χ2n) is 7.92. The summed E-state index contributed by atoms with van der Waals surface area (Å²) in [4.78, 5) is 18.0. The molecule has 1 fully saturated rings. The number of hydrogen-bond acceptors (Lipinski definition) is 5. The molecule has 0 radical (unpaired) electrons. The lowest BCUT2D eigenvalue weighted by Gasteiger charge is -2.37. The maximum atomic E-state index is 12.8. The number of aliphatic hydroxyl groups is 1.